The zero-order valence-electron chi connectivity index (χ0n) is 6.33. The van der Waals surface area contributed by atoms with E-state index in [0.29, 0.717) is 6.54 Å². The maximum atomic E-state index is 11.2. The fourth-order valence-corrected chi connectivity index (χ4v) is 2.70. The van der Waals surface area contributed by atoms with Gasteiger partial charge in [0.05, 0.1) is 5.75 Å². The monoisotopic (exact) mass is 177 g/mol. The van der Waals surface area contributed by atoms with Gasteiger partial charge in [-0.1, -0.05) is 0 Å². The van der Waals surface area contributed by atoms with Crippen LogP contribution in [0, 0.1) is 0 Å². The SMILES string of the molecule is CC(=O)C1CNCCS1(=O)=O. The standard InChI is InChI=1S/C6H11NO3S/c1-5(8)6-4-7-2-3-11(6,9)10/h6-7H,2-4H2,1H3. The Morgan fingerprint density at radius 2 is 2.18 bits per heavy atom. The molecule has 0 saturated carbocycles. The summed E-state index contributed by atoms with van der Waals surface area (Å²) in [6.45, 7) is 2.05. The van der Waals surface area contributed by atoms with E-state index < -0.39 is 15.1 Å². The third-order valence-corrected chi connectivity index (χ3v) is 3.92. The molecule has 0 radical (unpaired) electrons. The number of ketones is 1. The molecule has 0 aromatic rings. The fraction of sp³-hybridized carbons (Fsp3) is 0.833. The number of nitrogens with one attached hydrogen (secondary N) is 1. The van der Waals surface area contributed by atoms with E-state index in [0.717, 1.165) is 0 Å². The molecule has 0 amide bonds. The summed E-state index contributed by atoms with van der Waals surface area (Å²) >= 11 is 0. The normalized spacial score (nSPS) is 29.7. The molecule has 1 rings (SSSR count). The van der Waals surface area contributed by atoms with E-state index in [4.69, 9.17) is 0 Å². The summed E-state index contributed by atoms with van der Waals surface area (Å²) in [6, 6.07) is 0. The zero-order chi connectivity index (χ0) is 8.48. The van der Waals surface area contributed by atoms with Crippen molar-refractivity contribution >= 4 is 15.6 Å². The predicted octanol–water partition coefficient (Wildman–Crippen LogP) is -1.04. The summed E-state index contributed by atoms with van der Waals surface area (Å²) < 4.78 is 22.3. The molecule has 1 aliphatic heterocycles. The number of rotatable bonds is 1. The zero-order valence-corrected chi connectivity index (χ0v) is 7.15. The lowest BCUT2D eigenvalue weighted by Gasteiger charge is -2.20. The van der Waals surface area contributed by atoms with E-state index in [2.05, 4.69) is 5.32 Å². The molecule has 0 bridgehead atoms. The second-order valence-corrected chi connectivity index (χ2v) is 4.97. The van der Waals surface area contributed by atoms with Gasteiger partial charge in [-0.3, -0.25) is 4.79 Å². The minimum atomic E-state index is -3.13. The highest BCUT2D eigenvalue weighted by atomic mass is 32.2. The van der Waals surface area contributed by atoms with Crippen LogP contribution in [0.4, 0.5) is 0 Å². The molecule has 1 heterocycles. The molecule has 1 unspecified atom stereocenters. The number of hydrogen-bond donors (Lipinski definition) is 1. The fourth-order valence-electron chi connectivity index (χ4n) is 1.11. The first kappa shape index (κ1) is 8.67. The Kier molecular flexibility index (Phi) is 2.29. The van der Waals surface area contributed by atoms with E-state index in [1.165, 1.54) is 6.92 Å². The quantitative estimate of drug-likeness (QED) is 0.556. The van der Waals surface area contributed by atoms with Gasteiger partial charge in [-0.2, -0.15) is 0 Å². The van der Waals surface area contributed by atoms with Crippen LogP contribution in [0.1, 0.15) is 6.92 Å². The first-order valence-corrected chi connectivity index (χ1v) is 5.18. The first-order chi connectivity index (χ1) is 5.04. The van der Waals surface area contributed by atoms with Crippen molar-refractivity contribution in [1.82, 2.24) is 5.32 Å². The summed E-state index contributed by atoms with van der Waals surface area (Å²) in [6.07, 6.45) is 0. The molecule has 64 valence electrons. The van der Waals surface area contributed by atoms with Crippen LogP contribution >= 0.6 is 0 Å². The van der Waals surface area contributed by atoms with Crippen molar-refractivity contribution < 1.29 is 13.2 Å². The molecule has 1 aliphatic rings. The van der Waals surface area contributed by atoms with E-state index in [9.17, 15) is 13.2 Å². The Morgan fingerprint density at radius 1 is 1.55 bits per heavy atom. The molecule has 4 nitrogen and oxygen atoms in total. The maximum Gasteiger partial charge on any atom is 0.162 e. The summed E-state index contributed by atoms with van der Waals surface area (Å²) in [5, 5.41) is 2.06. The smallest absolute Gasteiger partial charge is 0.162 e. The molecular formula is C6H11NO3S. The lowest BCUT2D eigenvalue weighted by atomic mass is 10.3. The van der Waals surface area contributed by atoms with E-state index in [1.807, 2.05) is 0 Å². The third kappa shape index (κ3) is 1.78. The second-order valence-electron chi connectivity index (χ2n) is 2.67. The van der Waals surface area contributed by atoms with Crippen LogP contribution in [0.15, 0.2) is 0 Å². The van der Waals surface area contributed by atoms with Crippen LogP contribution in [-0.2, 0) is 14.6 Å². The van der Waals surface area contributed by atoms with Gasteiger partial charge in [-0.05, 0) is 6.92 Å². The number of carbonyl (C=O) groups is 1. The van der Waals surface area contributed by atoms with E-state index in [-0.39, 0.29) is 18.1 Å². The van der Waals surface area contributed by atoms with Crippen LogP contribution < -0.4 is 5.32 Å². The molecule has 1 saturated heterocycles. The van der Waals surface area contributed by atoms with Gasteiger partial charge in [0.1, 0.15) is 11.0 Å². The van der Waals surface area contributed by atoms with Crippen molar-refractivity contribution in [2.24, 2.45) is 0 Å². The second kappa shape index (κ2) is 2.91. The Balaban J connectivity index is 2.85. The summed E-state index contributed by atoms with van der Waals surface area (Å²) in [5.41, 5.74) is 0. The van der Waals surface area contributed by atoms with Crippen LogP contribution in [0.3, 0.4) is 0 Å². The number of sulfone groups is 1. The van der Waals surface area contributed by atoms with E-state index >= 15 is 0 Å². The Hall–Kier alpha value is -0.420. The van der Waals surface area contributed by atoms with Gasteiger partial charge in [0.15, 0.2) is 9.84 Å². The van der Waals surface area contributed by atoms with Crippen molar-refractivity contribution in [3.05, 3.63) is 0 Å². The van der Waals surface area contributed by atoms with Gasteiger partial charge in [-0.25, -0.2) is 8.42 Å². The van der Waals surface area contributed by atoms with Gasteiger partial charge in [0.2, 0.25) is 0 Å². The lowest BCUT2D eigenvalue weighted by molar-refractivity contribution is -0.116. The van der Waals surface area contributed by atoms with Crippen LogP contribution in [-0.4, -0.2) is 38.3 Å². The summed E-state index contributed by atoms with van der Waals surface area (Å²) in [4.78, 5) is 10.8. The van der Waals surface area contributed by atoms with Crippen molar-refractivity contribution in [2.75, 3.05) is 18.8 Å². The lowest BCUT2D eigenvalue weighted by Crippen LogP contribution is -2.47. The summed E-state index contributed by atoms with van der Waals surface area (Å²) in [5.74, 6) is -0.186. The topological polar surface area (TPSA) is 63.2 Å². The van der Waals surface area contributed by atoms with Gasteiger partial charge >= 0.3 is 0 Å². The average Bonchev–Trinajstić information content (AvgIpc) is 1.85. The molecule has 0 spiro atoms. The Bertz CT molecular complexity index is 257. The maximum absolute atomic E-state index is 11.2. The minimum absolute atomic E-state index is 0.0806. The predicted molar refractivity (Wildman–Crippen MR) is 41.1 cm³/mol. The molecule has 11 heavy (non-hydrogen) atoms. The average molecular weight is 177 g/mol. The molecule has 0 aliphatic carbocycles. The van der Waals surface area contributed by atoms with Gasteiger partial charge < -0.3 is 5.32 Å². The third-order valence-electron chi connectivity index (χ3n) is 1.78. The van der Waals surface area contributed by atoms with Crippen molar-refractivity contribution in [1.29, 1.82) is 0 Å². The van der Waals surface area contributed by atoms with Crippen LogP contribution in [0.25, 0.3) is 0 Å². The highest BCUT2D eigenvalue weighted by molar-refractivity contribution is 7.92. The van der Waals surface area contributed by atoms with Gasteiger partial charge in [0.25, 0.3) is 0 Å². The minimum Gasteiger partial charge on any atom is -0.314 e. The Labute approximate surface area is 65.9 Å². The summed E-state index contributed by atoms with van der Waals surface area (Å²) in [7, 11) is -3.13. The molecule has 1 N–H and O–H groups in total. The largest absolute Gasteiger partial charge is 0.314 e. The van der Waals surface area contributed by atoms with Gasteiger partial charge in [0, 0.05) is 13.1 Å². The van der Waals surface area contributed by atoms with Crippen LogP contribution in [0.5, 0.6) is 0 Å². The van der Waals surface area contributed by atoms with E-state index in [1.54, 1.807) is 0 Å². The van der Waals surface area contributed by atoms with Crippen molar-refractivity contribution in [3.8, 4) is 0 Å². The Morgan fingerprint density at radius 3 is 2.55 bits per heavy atom. The van der Waals surface area contributed by atoms with Crippen molar-refractivity contribution in [2.45, 2.75) is 12.2 Å². The molecule has 1 atom stereocenters. The molecule has 5 heteroatoms. The van der Waals surface area contributed by atoms with Crippen LogP contribution in [0.2, 0.25) is 0 Å². The number of carbonyl (C=O) groups excluding carboxylic acids is 1. The molecular weight excluding hydrogens is 166 g/mol. The van der Waals surface area contributed by atoms with Crippen molar-refractivity contribution in [3.63, 3.8) is 0 Å². The molecule has 1 fully saturated rings. The number of hydrogen-bond acceptors (Lipinski definition) is 4. The molecule has 0 aromatic carbocycles. The number of Topliss-reactive ketones (excluding diaryl/α,β-unsaturated/α-hetero) is 1. The molecule has 0 aromatic heterocycles. The highest BCUT2D eigenvalue weighted by Gasteiger charge is 2.31. The highest BCUT2D eigenvalue weighted by Crippen LogP contribution is 2.06. The first-order valence-electron chi connectivity index (χ1n) is 3.47. The van der Waals surface area contributed by atoms with Gasteiger partial charge in [-0.15, -0.1) is 0 Å².